The van der Waals surface area contributed by atoms with Gasteiger partial charge in [-0.2, -0.15) is 0 Å². The molecule has 1 aliphatic rings. The Morgan fingerprint density at radius 2 is 1.80 bits per heavy atom. The molecule has 0 saturated carbocycles. The molecule has 0 spiro atoms. The normalized spacial score (nSPS) is 13.8. The van der Waals surface area contributed by atoms with Gasteiger partial charge in [-0.1, -0.05) is 5.16 Å². The standard InChI is InChI=1S/C20H23N3O6S/c1-26-11-14-10-16-18(20(21-14)28-3)19(22-29-16)23-30(24,25)17-9-13-7-5-4-6-12(13)8-15(17)27-2/h8-10H,4-7,11H2,1-3H3,(H,22,23). The molecule has 0 amide bonds. The molecular formula is C20H23N3O6S. The van der Waals surface area contributed by atoms with Crippen molar-refractivity contribution < 1.29 is 27.2 Å². The number of aromatic nitrogens is 2. The predicted octanol–water partition coefficient (Wildman–Crippen LogP) is 3.07. The van der Waals surface area contributed by atoms with Gasteiger partial charge in [0.2, 0.25) is 5.88 Å². The van der Waals surface area contributed by atoms with Crippen LogP contribution in [-0.2, 0) is 34.2 Å². The zero-order valence-corrected chi connectivity index (χ0v) is 17.8. The van der Waals surface area contributed by atoms with E-state index in [0.29, 0.717) is 22.4 Å². The molecule has 2 aromatic heterocycles. The lowest BCUT2D eigenvalue weighted by Crippen LogP contribution is -2.16. The van der Waals surface area contributed by atoms with E-state index in [1.165, 1.54) is 14.2 Å². The van der Waals surface area contributed by atoms with Gasteiger partial charge in [-0.15, -0.1) is 0 Å². The van der Waals surface area contributed by atoms with Crippen LogP contribution in [0.2, 0.25) is 0 Å². The highest BCUT2D eigenvalue weighted by atomic mass is 32.2. The number of pyridine rings is 1. The molecule has 0 aliphatic heterocycles. The number of methoxy groups -OCH3 is 3. The average molecular weight is 433 g/mol. The first-order chi connectivity index (χ1) is 14.5. The fourth-order valence-electron chi connectivity index (χ4n) is 3.71. The van der Waals surface area contributed by atoms with E-state index in [4.69, 9.17) is 18.7 Å². The van der Waals surface area contributed by atoms with Gasteiger partial charge in [-0.05, 0) is 48.9 Å². The van der Waals surface area contributed by atoms with Gasteiger partial charge in [0, 0.05) is 13.2 Å². The summed E-state index contributed by atoms with van der Waals surface area (Å²) in [5.41, 5.74) is 3.06. The Bertz CT molecular complexity index is 1190. The minimum absolute atomic E-state index is 0.00177. The summed E-state index contributed by atoms with van der Waals surface area (Å²) in [6, 6.07) is 5.12. The van der Waals surface area contributed by atoms with Gasteiger partial charge in [0.25, 0.3) is 10.0 Å². The third kappa shape index (κ3) is 3.68. The summed E-state index contributed by atoms with van der Waals surface area (Å²) in [6.45, 7) is 0.250. The van der Waals surface area contributed by atoms with Crippen LogP contribution in [0.25, 0.3) is 11.0 Å². The number of rotatable bonds is 7. The lowest BCUT2D eigenvalue weighted by Gasteiger charge is -2.19. The van der Waals surface area contributed by atoms with Crippen molar-refractivity contribution in [1.29, 1.82) is 0 Å². The van der Waals surface area contributed by atoms with Crippen LogP contribution < -0.4 is 14.2 Å². The minimum atomic E-state index is -4.00. The molecule has 0 bridgehead atoms. The van der Waals surface area contributed by atoms with E-state index in [1.807, 2.05) is 6.07 Å². The monoisotopic (exact) mass is 433 g/mol. The van der Waals surface area contributed by atoms with Crippen molar-refractivity contribution in [3.63, 3.8) is 0 Å². The summed E-state index contributed by atoms with van der Waals surface area (Å²) >= 11 is 0. The van der Waals surface area contributed by atoms with Crippen molar-refractivity contribution in [2.75, 3.05) is 26.1 Å². The molecule has 0 atom stereocenters. The number of nitrogens with one attached hydrogen (secondary N) is 1. The predicted molar refractivity (Wildman–Crippen MR) is 110 cm³/mol. The lowest BCUT2D eigenvalue weighted by molar-refractivity contribution is 0.181. The third-order valence-corrected chi connectivity index (χ3v) is 6.47. The molecule has 0 fully saturated rings. The summed E-state index contributed by atoms with van der Waals surface area (Å²) in [4.78, 5) is 4.39. The quantitative estimate of drug-likeness (QED) is 0.605. The van der Waals surface area contributed by atoms with Crippen LogP contribution in [-0.4, -0.2) is 39.9 Å². The summed E-state index contributed by atoms with van der Waals surface area (Å²) < 4.78 is 50.1. The Morgan fingerprint density at radius 3 is 2.47 bits per heavy atom. The zero-order valence-electron chi connectivity index (χ0n) is 17.0. The van der Waals surface area contributed by atoms with Crippen LogP contribution in [0.15, 0.2) is 27.6 Å². The topological polar surface area (TPSA) is 113 Å². The van der Waals surface area contributed by atoms with Crippen LogP contribution in [0.5, 0.6) is 11.6 Å². The molecule has 2 heterocycles. The molecule has 160 valence electrons. The minimum Gasteiger partial charge on any atom is -0.495 e. The number of benzene rings is 1. The maximum atomic E-state index is 13.2. The fourth-order valence-corrected chi connectivity index (χ4v) is 4.92. The first-order valence-corrected chi connectivity index (χ1v) is 11.0. The number of hydrogen-bond acceptors (Lipinski definition) is 8. The second-order valence-electron chi connectivity index (χ2n) is 7.04. The van der Waals surface area contributed by atoms with Gasteiger partial charge >= 0.3 is 0 Å². The number of aryl methyl sites for hydroxylation is 2. The molecule has 1 N–H and O–H groups in total. The Labute approximate surface area is 174 Å². The fraction of sp³-hybridized carbons (Fsp3) is 0.400. The molecule has 1 aliphatic carbocycles. The smallest absolute Gasteiger partial charge is 0.266 e. The molecule has 1 aromatic carbocycles. The van der Waals surface area contributed by atoms with Gasteiger partial charge < -0.3 is 18.7 Å². The van der Waals surface area contributed by atoms with Crippen molar-refractivity contribution in [3.8, 4) is 11.6 Å². The highest BCUT2D eigenvalue weighted by molar-refractivity contribution is 7.92. The molecule has 0 radical (unpaired) electrons. The van der Waals surface area contributed by atoms with Crippen LogP contribution in [0.4, 0.5) is 5.82 Å². The largest absolute Gasteiger partial charge is 0.495 e. The molecule has 0 saturated heterocycles. The summed E-state index contributed by atoms with van der Waals surface area (Å²) in [6.07, 6.45) is 3.88. The average Bonchev–Trinajstić information content (AvgIpc) is 3.14. The van der Waals surface area contributed by atoms with Gasteiger partial charge in [0.15, 0.2) is 11.4 Å². The Morgan fingerprint density at radius 1 is 1.07 bits per heavy atom. The number of fused-ring (bicyclic) bond motifs is 2. The second-order valence-corrected chi connectivity index (χ2v) is 8.70. The molecule has 4 rings (SSSR count). The number of sulfonamides is 1. The zero-order chi connectivity index (χ0) is 21.3. The Balaban J connectivity index is 1.76. The molecule has 3 aromatic rings. The number of hydrogen-bond donors (Lipinski definition) is 1. The first-order valence-electron chi connectivity index (χ1n) is 9.51. The summed E-state index contributed by atoms with van der Waals surface area (Å²) in [5.74, 6) is 0.484. The van der Waals surface area contributed by atoms with Crippen LogP contribution in [0.3, 0.4) is 0 Å². The van der Waals surface area contributed by atoms with Crippen LogP contribution >= 0.6 is 0 Å². The summed E-state index contributed by atoms with van der Waals surface area (Å²) in [5, 5.41) is 4.22. The maximum Gasteiger partial charge on any atom is 0.266 e. The number of nitrogens with zero attached hydrogens (tertiary/aromatic N) is 2. The third-order valence-electron chi connectivity index (χ3n) is 5.11. The van der Waals surface area contributed by atoms with Crippen molar-refractivity contribution >= 4 is 26.8 Å². The maximum absolute atomic E-state index is 13.2. The van der Waals surface area contributed by atoms with E-state index < -0.39 is 10.0 Å². The van der Waals surface area contributed by atoms with Gasteiger partial charge in [-0.3, -0.25) is 4.72 Å². The van der Waals surface area contributed by atoms with E-state index in [9.17, 15) is 8.42 Å². The van der Waals surface area contributed by atoms with Crippen LogP contribution in [0.1, 0.15) is 29.7 Å². The number of anilines is 1. The van der Waals surface area contributed by atoms with Gasteiger partial charge in [0.1, 0.15) is 16.0 Å². The summed E-state index contributed by atoms with van der Waals surface area (Å²) in [7, 11) is 0.442. The van der Waals surface area contributed by atoms with Gasteiger partial charge in [-0.25, -0.2) is 13.4 Å². The van der Waals surface area contributed by atoms with E-state index in [2.05, 4.69) is 14.9 Å². The SMILES string of the molecule is COCc1cc2onc(NS(=O)(=O)c3cc4c(cc3OC)CCCC4)c2c(OC)n1. The Kier molecular flexibility index (Phi) is 5.52. The second kappa shape index (κ2) is 8.11. The van der Waals surface area contributed by atoms with Crippen molar-refractivity contribution in [1.82, 2.24) is 10.1 Å². The van der Waals surface area contributed by atoms with Crippen molar-refractivity contribution in [2.24, 2.45) is 0 Å². The first kappa shape index (κ1) is 20.4. The van der Waals surface area contributed by atoms with Crippen molar-refractivity contribution in [2.45, 2.75) is 37.2 Å². The highest BCUT2D eigenvalue weighted by Crippen LogP contribution is 2.36. The number of ether oxygens (including phenoxy) is 3. The Hall–Kier alpha value is -2.85. The molecule has 30 heavy (non-hydrogen) atoms. The van der Waals surface area contributed by atoms with E-state index in [1.54, 1.807) is 19.2 Å². The van der Waals surface area contributed by atoms with E-state index in [-0.39, 0.29) is 23.2 Å². The molecular weight excluding hydrogens is 410 g/mol. The van der Waals surface area contributed by atoms with Crippen LogP contribution in [0, 0.1) is 0 Å². The highest BCUT2D eigenvalue weighted by Gasteiger charge is 2.27. The van der Waals surface area contributed by atoms with Gasteiger partial charge in [0.05, 0.1) is 26.5 Å². The molecule has 0 unspecified atom stereocenters. The molecule has 9 nitrogen and oxygen atoms in total. The molecule has 10 heteroatoms. The lowest BCUT2D eigenvalue weighted by atomic mass is 9.92. The van der Waals surface area contributed by atoms with Crippen molar-refractivity contribution in [3.05, 3.63) is 35.0 Å². The van der Waals surface area contributed by atoms with E-state index in [0.717, 1.165) is 36.8 Å². The van der Waals surface area contributed by atoms with E-state index >= 15 is 0 Å².